The van der Waals surface area contributed by atoms with Crippen LogP contribution in [-0.4, -0.2) is 25.2 Å². The molecule has 5 aliphatic rings. The molecule has 0 unspecified atom stereocenters. The van der Waals surface area contributed by atoms with Crippen LogP contribution in [0.1, 0.15) is 44.1 Å². The Morgan fingerprint density at radius 1 is 1.10 bits per heavy atom. The molecule has 150 valence electrons. The number of esters is 1. The van der Waals surface area contributed by atoms with Gasteiger partial charge >= 0.3 is 5.97 Å². The van der Waals surface area contributed by atoms with Crippen LogP contribution in [0.3, 0.4) is 0 Å². The molecule has 1 aliphatic heterocycles. The Morgan fingerprint density at radius 2 is 1.76 bits per heavy atom. The molecule has 0 radical (unpaired) electrons. The van der Waals surface area contributed by atoms with E-state index in [0.29, 0.717) is 34.8 Å². The van der Waals surface area contributed by atoms with Gasteiger partial charge < -0.3 is 14.2 Å². The van der Waals surface area contributed by atoms with E-state index in [1.165, 1.54) is 25.3 Å². The first-order chi connectivity index (χ1) is 14.0. The zero-order valence-electron chi connectivity index (χ0n) is 16.2. The number of benzene rings is 1. The second-order valence-corrected chi connectivity index (χ2v) is 8.98. The maximum absolute atomic E-state index is 13.0. The number of carbonyl (C=O) groups excluding carboxylic acids is 2. The van der Waals surface area contributed by atoms with Gasteiger partial charge in [-0.1, -0.05) is 6.07 Å². The number of Topliss-reactive ketones (excluding diaryl/α,β-unsaturated/α-hetero) is 1. The lowest BCUT2D eigenvalue weighted by molar-refractivity contribution is -0.155. The van der Waals surface area contributed by atoms with Gasteiger partial charge in [0.1, 0.15) is 11.6 Å². The molecule has 0 saturated heterocycles. The molecule has 29 heavy (non-hydrogen) atoms. The number of rotatable bonds is 5. The second kappa shape index (κ2) is 6.91. The molecule has 0 spiro atoms. The largest absolute Gasteiger partial charge is 0.454 e. The molecular formula is C23H23NO5. The molecule has 0 atom stereocenters. The lowest BCUT2D eigenvalue weighted by atomic mass is 9.48. The maximum Gasteiger partial charge on any atom is 0.349 e. The minimum atomic E-state index is -0.761. The van der Waals surface area contributed by atoms with Crippen LogP contribution in [-0.2, 0) is 14.3 Å². The topological polar surface area (TPSA) is 85.6 Å². The molecule has 6 heteroatoms. The van der Waals surface area contributed by atoms with E-state index in [1.807, 2.05) is 6.07 Å². The van der Waals surface area contributed by atoms with E-state index in [0.717, 1.165) is 19.3 Å². The number of ether oxygens (including phenoxy) is 3. The summed E-state index contributed by atoms with van der Waals surface area (Å²) in [7, 11) is 0. The van der Waals surface area contributed by atoms with E-state index < -0.39 is 5.97 Å². The van der Waals surface area contributed by atoms with Gasteiger partial charge in [-0.05, 0) is 80.1 Å². The van der Waals surface area contributed by atoms with Gasteiger partial charge in [-0.25, -0.2) is 4.79 Å². The van der Waals surface area contributed by atoms with Gasteiger partial charge in [0.15, 0.2) is 23.9 Å². The third kappa shape index (κ3) is 3.29. The van der Waals surface area contributed by atoms with Crippen molar-refractivity contribution in [3.63, 3.8) is 0 Å². The summed E-state index contributed by atoms with van der Waals surface area (Å²) in [6.07, 6.45) is 8.02. The molecule has 0 amide bonds. The van der Waals surface area contributed by atoms with Crippen molar-refractivity contribution in [3.8, 4) is 17.6 Å². The van der Waals surface area contributed by atoms with Crippen LogP contribution in [0.2, 0.25) is 0 Å². The molecule has 0 aromatic heterocycles. The fourth-order valence-corrected chi connectivity index (χ4v) is 6.12. The van der Waals surface area contributed by atoms with Gasteiger partial charge in [0.05, 0.1) is 0 Å². The number of nitriles is 1. The SMILES string of the molecule is N#C/C(=C/c1ccc2c(c1)OCO2)C(=O)OCC(=O)C12CC3CC(CC(C3)C1)C2. The van der Waals surface area contributed by atoms with Crippen molar-refractivity contribution in [1.29, 1.82) is 5.26 Å². The first-order valence-corrected chi connectivity index (χ1v) is 10.3. The molecular weight excluding hydrogens is 370 g/mol. The number of ketones is 1. The smallest absolute Gasteiger partial charge is 0.349 e. The Balaban J connectivity index is 1.25. The highest BCUT2D eigenvalue weighted by Gasteiger charge is 2.54. The van der Waals surface area contributed by atoms with Gasteiger partial charge in [0.2, 0.25) is 6.79 Å². The summed E-state index contributed by atoms with van der Waals surface area (Å²) in [5, 5.41) is 9.39. The average molecular weight is 393 g/mol. The number of hydrogen-bond acceptors (Lipinski definition) is 6. The highest BCUT2D eigenvalue weighted by Crippen LogP contribution is 2.60. The summed E-state index contributed by atoms with van der Waals surface area (Å²) in [6, 6.07) is 7.04. The van der Waals surface area contributed by atoms with Crippen molar-refractivity contribution in [2.75, 3.05) is 13.4 Å². The van der Waals surface area contributed by atoms with Gasteiger partial charge in [-0.15, -0.1) is 0 Å². The highest BCUT2D eigenvalue weighted by atomic mass is 16.7. The molecule has 1 heterocycles. The van der Waals surface area contributed by atoms with Gasteiger partial charge in [-0.2, -0.15) is 5.26 Å². The van der Waals surface area contributed by atoms with E-state index in [2.05, 4.69) is 0 Å². The molecule has 4 bridgehead atoms. The zero-order chi connectivity index (χ0) is 20.0. The number of hydrogen-bond donors (Lipinski definition) is 0. The van der Waals surface area contributed by atoms with Crippen molar-refractivity contribution in [2.24, 2.45) is 23.2 Å². The average Bonchev–Trinajstić information content (AvgIpc) is 3.16. The minimum Gasteiger partial charge on any atom is -0.454 e. The summed E-state index contributed by atoms with van der Waals surface area (Å²) >= 11 is 0. The molecule has 1 aromatic rings. The Labute approximate surface area is 169 Å². The first-order valence-electron chi connectivity index (χ1n) is 10.3. The number of nitrogens with zero attached hydrogens (tertiary/aromatic N) is 1. The van der Waals surface area contributed by atoms with Crippen LogP contribution in [0.4, 0.5) is 0 Å². The normalized spacial score (nSPS) is 31.4. The summed E-state index contributed by atoms with van der Waals surface area (Å²) < 4.78 is 15.9. The van der Waals surface area contributed by atoms with Crippen LogP contribution in [0, 0.1) is 34.5 Å². The predicted molar refractivity (Wildman–Crippen MR) is 103 cm³/mol. The number of fused-ring (bicyclic) bond motifs is 1. The first kappa shape index (κ1) is 18.2. The molecule has 6 rings (SSSR count). The Morgan fingerprint density at radius 3 is 2.41 bits per heavy atom. The molecule has 1 aromatic carbocycles. The van der Waals surface area contributed by atoms with Crippen LogP contribution in [0.15, 0.2) is 23.8 Å². The molecule has 4 fully saturated rings. The van der Waals surface area contributed by atoms with E-state index in [4.69, 9.17) is 14.2 Å². The van der Waals surface area contributed by atoms with Gasteiger partial charge in [0.25, 0.3) is 0 Å². The van der Waals surface area contributed by atoms with Crippen molar-refractivity contribution in [1.82, 2.24) is 0 Å². The van der Waals surface area contributed by atoms with Crippen molar-refractivity contribution < 1.29 is 23.8 Å². The van der Waals surface area contributed by atoms with Crippen molar-refractivity contribution >= 4 is 17.8 Å². The lowest BCUT2D eigenvalue weighted by Gasteiger charge is -2.55. The quantitative estimate of drug-likeness (QED) is 0.431. The van der Waals surface area contributed by atoms with Crippen LogP contribution in [0.5, 0.6) is 11.5 Å². The number of carbonyl (C=O) groups is 2. The third-order valence-corrected chi connectivity index (χ3v) is 7.01. The summed E-state index contributed by atoms with van der Waals surface area (Å²) in [4.78, 5) is 25.4. The molecule has 0 N–H and O–H groups in total. The second-order valence-electron chi connectivity index (χ2n) is 8.98. The van der Waals surface area contributed by atoms with Gasteiger partial charge in [0, 0.05) is 5.41 Å². The third-order valence-electron chi connectivity index (χ3n) is 7.01. The Bertz CT molecular complexity index is 906. The summed E-state index contributed by atoms with van der Waals surface area (Å²) in [6.45, 7) is -0.0900. The highest BCUT2D eigenvalue weighted by molar-refractivity contribution is 5.99. The lowest BCUT2D eigenvalue weighted by Crippen LogP contribution is -2.51. The summed E-state index contributed by atoms with van der Waals surface area (Å²) in [5.41, 5.74) is 0.195. The monoisotopic (exact) mass is 393 g/mol. The summed E-state index contributed by atoms with van der Waals surface area (Å²) in [5.74, 6) is 2.43. The van der Waals surface area contributed by atoms with E-state index >= 15 is 0 Å². The Hall–Kier alpha value is -2.81. The fraction of sp³-hybridized carbons (Fsp3) is 0.522. The minimum absolute atomic E-state index is 0.0327. The van der Waals surface area contributed by atoms with Gasteiger partial charge in [-0.3, -0.25) is 4.79 Å². The van der Waals surface area contributed by atoms with Crippen LogP contribution < -0.4 is 9.47 Å². The van der Waals surface area contributed by atoms with Crippen LogP contribution >= 0.6 is 0 Å². The standard InChI is InChI=1S/C23H23NO5/c24-11-18(6-14-1-2-19-20(7-14)29-13-28-19)22(26)27-12-21(25)23-8-15-3-16(9-23)5-17(4-15)10-23/h1-2,6-7,15-17H,3-5,8-10,12-13H2/b18-6-. The predicted octanol–water partition coefficient (Wildman–Crippen LogP) is 3.65. The molecule has 4 saturated carbocycles. The van der Waals surface area contributed by atoms with E-state index in [1.54, 1.807) is 18.2 Å². The van der Waals surface area contributed by atoms with Crippen LogP contribution in [0.25, 0.3) is 6.08 Å². The molecule has 4 aliphatic carbocycles. The van der Waals surface area contributed by atoms with Crippen molar-refractivity contribution in [2.45, 2.75) is 38.5 Å². The fourth-order valence-electron chi connectivity index (χ4n) is 6.12. The van der Waals surface area contributed by atoms with Crippen molar-refractivity contribution in [3.05, 3.63) is 29.3 Å². The van der Waals surface area contributed by atoms with E-state index in [-0.39, 0.29) is 30.2 Å². The van der Waals surface area contributed by atoms with E-state index in [9.17, 15) is 14.9 Å². The Kier molecular flexibility index (Phi) is 4.34. The molecule has 6 nitrogen and oxygen atoms in total. The maximum atomic E-state index is 13.0. The zero-order valence-corrected chi connectivity index (χ0v) is 16.2.